The molecule has 1 radical (unpaired) electrons. The number of rotatable bonds is 2. The SMILES string of the molecule is Pc1cc(-c2ccccc2)ccc1-c1ccccc1.[Na]. The molecule has 1 atom stereocenters. The van der Waals surface area contributed by atoms with E-state index in [0.717, 1.165) is 0 Å². The van der Waals surface area contributed by atoms with Crippen molar-refractivity contribution in [2.45, 2.75) is 0 Å². The molecule has 2 heteroatoms. The van der Waals surface area contributed by atoms with Crippen LogP contribution in [0.4, 0.5) is 0 Å². The van der Waals surface area contributed by atoms with E-state index in [9.17, 15) is 0 Å². The van der Waals surface area contributed by atoms with E-state index in [4.69, 9.17) is 0 Å². The smallest absolute Gasteiger partial charge is 0 e. The first kappa shape index (κ1) is 15.5. The summed E-state index contributed by atoms with van der Waals surface area (Å²) >= 11 is 0. The molecule has 0 bridgehead atoms. The standard InChI is InChI=1S/C18H15P.Na/c19-18-13-16(14-7-3-1-4-8-14)11-12-17(18)15-9-5-2-6-10-15;/h1-13H,19H2;. The Balaban J connectivity index is 0.00000147. The minimum atomic E-state index is 0. The van der Waals surface area contributed by atoms with Crippen LogP contribution in [0.25, 0.3) is 22.3 Å². The molecular formula is C18H15NaP. The Bertz CT molecular complexity index is 678. The molecule has 0 spiro atoms. The van der Waals surface area contributed by atoms with Crippen LogP contribution in [0.3, 0.4) is 0 Å². The van der Waals surface area contributed by atoms with Crippen LogP contribution in [0.2, 0.25) is 0 Å². The monoisotopic (exact) mass is 285 g/mol. The molecule has 0 fully saturated rings. The van der Waals surface area contributed by atoms with Gasteiger partial charge in [-0.25, -0.2) is 0 Å². The summed E-state index contributed by atoms with van der Waals surface area (Å²) in [6.07, 6.45) is 0. The maximum absolute atomic E-state index is 2.84. The third-order valence-electron chi connectivity index (χ3n) is 3.24. The molecule has 20 heavy (non-hydrogen) atoms. The van der Waals surface area contributed by atoms with Gasteiger partial charge in [0.15, 0.2) is 0 Å². The average molecular weight is 285 g/mol. The second kappa shape index (κ2) is 7.20. The van der Waals surface area contributed by atoms with Gasteiger partial charge >= 0.3 is 0 Å². The fraction of sp³-hybridized carbons (Fsp3) is 0. The molecule has 0 N–H and O–H groups in total. The van der Waals surface area contributed by atoms with Crippen LogP contribution in [-0.4, -0.2) is 29.6 Å². The number of hydrogen-bond donors (Lipinski definition) is 0. The Morgan fingerprint density at radius 2 is 1.10 bits per heavy atom. The molecule has 0 heterocycles. The van der Waals surface area contributed by atoms with Crippen molar-refractivity contribution < 1.29 is 0 Å². The second-order valence-corrected chi connectivity index (χ2v) is 5.16. The van der Waals surface area contributed by atoms with E-state index in [0.29, 0.717) is 0 Å². The zero-order chi connectivity index (χ0) is 13.1. The Hall–Kier alpha value is -0.910. The van der Waals surface area contributed by atoms with Gasteiger partial charge in [0, 0.05) is 29.6 Å². The van der Waals surface area contributed by atoms with Crippen molar-refractivity contribution in [3.05, 3.63) is 78.9 Å². The summed E-state index contributed by atoms with van der Waals surface area (Å²) in [7, 11) is 2.84. The third kappa shape index (κ3) is 3.40. The van der Waals surface area contributed by atoms with Crippen molar-refractivity contribution in [3.8, 4) is 22.3 Å². The van der Waals surface area contributed by atoms with E-state index in [1.165, 1.54) is 27.6 Å². The summed E-state index contributed by atoms with van der Waals surface area (Å²) in [5.41, 5.74) is 5.04. The van der Waals surface area contributed by atoms with Crippen LogP contribution in [0, 0.1) is 0 Å². The summed E-state index contributed by atoms with van der Waals surface area (Å²) in [4.78, 5) is 0. The maximum atomic E-state index is 2.84. The van der Waals surface area contributed by atoms with Crippen LogP contribution >= 0.6 is 9.24 Å². The Labute approximate surface area is 144 Å². The van der Waals surface area contributed by atoms with E-state index in [2.05, 4.69) is 76.0 Å². The van der Waals surface area contributed by atoms with Crippen LogP contribution in [0.1, 0.15) is 0 Å². The molecule has 0 aliphatic heterocycles. The van der Waals surface area contributed by atoms with E-state index in [-0.39, 0.29) is 29.6 Å². The second-order valence-electron chi connectivity index (χ2n) is 4.53. The molecule has 0 amide bonds. The number of benzene rings is 3. The normalized spacial score (nSPS) is 9.85. The van der Waals surface area contributed by atoms with Gasteiger partial charge in [0.05, 0.1) is 0 Å². The Morgan fingerprint density at radius 3 is 1.65 bits per heavy atom. The van der Waals surface area contributed by atoms with E-state index < -0.39 is 0 Å². The minimum Gasteiger partial charge on any atom is -0.105 e. The van der Waals surface area contributed by atoms with Gasteiger partial charge in [-0.15, -0.1) is 9.24 Å². The van der Waals surface area contributed by atoms with Crippen LogP contribution in [-0.2, 0) is 0 Å². The first-order valence-corrected chi connectivity index (χ1v) is 6.93. The molecule has 0 nitrogen and oxygen atoms in total. The Morgan fingerprint density at radius 1 is 0.550 bits per heavy atom. The van der Waals surface area contributed by atoms with Crippen LogP contribution in [0.15, 0.2) is 78.9 Å². The first-order valence-electron chi connectivity index (χ1n) is 6.35. The zero-order valence-corrected chi connectivity index (χ0v) is 14.7. The van der Waals surface area contributed by atoms with Gasteiger partial charge in [0.1, 0.15) is 0 Å². The molecule has 0 aliphatic carbocycles. The molecule has 1 unspecified atom stereocenters. The van der Waals surface area contributed by atoms with Crippen LogP contribution in [0.5, 0.6) is 0 Å². The largest absolute Gasteiger partial charge is 0.105 e. The van der Waals surface area contributed by atoms with E-state index >= 15 is 0 Å². The molecule has 0 saturated heterocycles. The third-order valence-corrected chi connectivity index (χ3v) is 3.72. The van der Waals surface area contributed by atoms with E-state index in [1.807, 2.05) is 12.1 Å². The first-order chi connectivity index (χ1) is 9.34. The quantitative estimate of drug-likeness (QED) is 0.490. The van der Waals surface area contributed by atoms with Crippen molar-refractivity contribution >= 4 is 44.1 Å². The summed E-state index contributed by atoms with van der Waals surface area (Å²) < 4.78 is 0. The van der Waals surface area contributed by atoms with E-state index in [1.54, 1.807) is 0 Å². The van der Waals surface area contributed by atoms with Crippen molar-refractivity contribution in [1.82, 2.24) is 0 Å². The summed E-state index contributed by atoms with van der Waals surface area (Å²) in [5, 5.41) is 1.23. The molecular weight excluding hydrogens is 270 g/mol. The Kier molecular flexibility index (Phi) is 5.57. The molecule has 3 rings (SSSR count). The molecule has 3 aromatic carbocycles. The zero-order valence-electron chi connectivity index (χ0n) is 11.6. The molecule has 0 aliphatic rings. The summed E-state index contributed by atoms with van der Waals surface area (Å²) in [6, 6.07) is 27.6. The summed E-state index contributed by atoms with van der Waals surface area (Å²) in [5.74, 6) is 0. The maximum Gasteiger partial charge on any atom is 0 e. The predicted molar refractivity (Wildman–Crippen MR) is 92.4 cm³/mol. The van der Waals surface area contributed by atoms with Crippen molar-refractivity contribution in [1.29, 1.82) is 0 Å². The fourth-order valence-electron chi connectivity index (χ4n) is 2.25. The van der Waals surface area contributed by atoms with Crippen molar-refractivity contribution in [2.75, 3.05) is 0 Å². The molecule has 0 saturated carbocycles. The van der Waals surface area contributed by atoms with Gasteiger partial charge < -0.3 is 0 Å². The van der Waals surface area contributed by atoms with Gasteiger partial charge in [-0.05, 0) is 33.6 Å². The minimum absolute atomic E-state index is 0. The van der Waals surface area contributed by atoms with Gasteiger partial charge in [-0.2, -0.15) is 0 Å². The fourth-order valence-corrected chi connectivity index (χ4v) is 2.70. The molecule has 0 aromatic heterocycles. The average Bonchev–Trinajstić information content (AvgIpc) is 2.49. The topological polar surface area (TPSA) is 0 Å². The van der Waals surface area contributed by atoms with Crippen molar-refractivity contribution in [2.24, 2.45) is 0 Å². The van der Waals surface area contributed by atoms with Gasteiger partial charge in [0.25, 0.3) is 0 Å². The van der Waals surface area contributed by atoms with Crippen molar-refractivity contribution in [3.63, 3.8) is 0 Å². The predicted octanol–water partition coefficient (Wildman–Crippen LogP) is 4.14. The van der Waals surface area contributed by atoms with Gasteiger partial charge in [-0.3, -0.25) is 0 Å². The van der Waals surface area contributed by atoms with Gasteiger partial charge in [-0.1, -0.05) is 72.8 Å². The van der Waals surface area contributed by atoms with Gasteiger partial charge in [0.2, 0.25) is 0 Å². The molecule has 93 valence electrons. The van der Waals surface area contributed by atoms with Crippen LogP contribution < -0.4 is 5.30 Å². The molecule has 3 aromatic rings. The number of hydrogen-bond acceptors (Lipinski definition) is 0. The summed E-state index contributed by atoms with van der Waals surface area (Å²) in [6.45, 7) is 0.